The lowest BCUT2D eigenvalue weighted by molar-refractivity contribution is 0.0338. The first-order chi connectivity index (χ1) is 7.72. The first-order valence-corrected chi connectivity index (χ1v) is 5.81. The van der Waals surface area contributed by atoms with Gasteiger partial charge in [0, 0.05) is 5.75 Å². The number of aliphatic hydroxyl groups excluding tert-OH is 2. The van der Waals surface area contributed by atoms with Crippen molar-refractivity contribution in [2.45, 2.75) is 12.2 Å². The quantitative estimate of drug-likeness (QED) is 0.712. The maximum Gasteiger partial charge on any atom is 0.106 e. The van der Waals surface area contributed by atoms with E-state index in [1.165, 1.54) is 0 Å². The molecule has 84 valence electrons. The van der Waals surface area contributed by atoms with Crippen molar-refractivity contribution in [3.8, 4) is 0 Å². The smallest absolute Gasteiger partial charge is 0.106 e. The number of rotatable bonds is 3. The Morgan fingerprint density at radius 3 is 2.38 bits per heavy atom. The zero-order valence-electron chi connectivity index (χ0n) is 8.74. The Labute approximate surface area is 100.0 Å². The molecule has 2 nitrogen and oxygen atoms in total. The fraction of sp³-hybridized carbons (Fsp3) is 0.231. The van der Waals surface area contributed by atoms with E-state index < -0.39 is 12.2 Å². The molecule has 0 aliphatic carbocycles. The van der Waals surface area contributed by atoms with E-state index in [1.807, 2.05) is 42.5 Å². The van der Waals surface area contributed by atoms with Gasteiger partial charge in [0.05, 0.1) is 6.10 Å². The molecule has 16 heavy (non-hydrogen) atoms. The zero-order chi connectivity index (χ0) is 11.5. The molecule has 2 atom stereocenters. The summed E-state index contributed by atoms with van der Waals surface area (Å²) in [6.45, 7) is 0. The molecule has 0 amide bonds. The minimum atomic E-state index is -0.873. The molecule has 0 aromatic heterocycles. The number of aliphatic hydroxyl groups is 2. The highest BCUT2D eigenvalue weighted by Gasteiger charge is 2.16. The summed E-state index contributed by atoms with van der Waals surface area (Å²) in [5.41, 5.74) is 0.722. The molecule has 0 fully saturated rings. The lowest BCUT2D eigenvalue weighted by atomic mass is 10.0. The molecule has 0 spiro atoms. The van der Waals surface area contributed by atoms with Gasteiger partial charge in [0.15, 0.2) is 0 Å². The molecule has 0 heterocycles. The Balaban J connectivity index is 2.39. The third-order valence-corrected chi connectivity index (χ3v) is 3.04. The summed E-state index contributed by atoms with van der Waals surface area (Å²) in [5.74, 6) is 0.244. The van der Waals surface area contributed by atoms with E-state index in [0.717, 1.165) is 16.3 Å². The van der Waals surface area contributed by atoms with Crippen molar-refractivity contribution in [3.63, 3.8) is 0 Å². The van der Waals surface area contributed by atoms with Crippen LogP contribution in [0.1, 0.15) is 11.7 Å². The monoisotopic (exact) mass is 234 g/mol. The fourth-order valence-electron chi connectivity index (χ4n) is 1.71. The van der Waals surface area contributed by atoms with Crippen LogP contribution in [0.25, 0.3) is 10.8 Å². The average molecular weight is 234 g/mol. The van der Waals surface area contributed by atoms with Crippen LogP contribution in [0.3, 0.4) is 0 Å². The lowest BCUT2D eigenvalue weighted by Crippen LogP contribution is -2.19. The minimum absolute atomic E-state index is 0.244. The molecule has 0 aliphatic heterocycles. The second-order valence-electron chi connectivity index (χ2n) is 3.80. The highest BCUT2D eigenvalue weighted by Crippen LogP contribution is 2.22. The molecule has 2 aromatic rings. The largest absolute Gasteiger partial charge is 0.389 e. The van der Waals surface area contributed by atoms with E-state index in [1.54, 1.807) is 0 Å². The number of benzene rings is 2. The summed E-state index contributed by atoms with van der Waals surface area (Å²) in [7, 11) is 0. The van der Waals surface area contributed by atoms with Crippen LogP contribution in [0, 0.1) is 0 Å². The Morgan fingerprint density at radius 2 is 1.69 bits per heavy atom. The second-order valence-corrected chi connectivity index (χ2v) is 4.17. The lowest BCUT2D eigenvalue weighted by Gasteiger charge is -2.16. The van der Waals surface area contributed by atoms with Crippen LogP contribution < -0.4 is 0 Å². The SMILES string of the molecule is OC(CS)C(O)c1ccc2ccccc2c1. The van der Waals surface area contributed by atoms with Gasteiger partial charge in [0.1, 0.15) is 6.10 Å². The first kappa shape index (κ1) is 11.5. The molecule has 2 rings (SSSR count). The summed E-state index contributed by atoms with van der Waals surface area (Å²) in [5, 5.41) is 21.6. The molecule has 3 heteroatoms. The van der Waals surface area contributed by atoms with Crippen molar-refractivity contribution in [3.05, 3.63) is 48.0 Å². The Morgan fingerprint density at radius 1 is 1.00 bits per heavy atom. The molecule has 2 N–H and O–H groups in total. The first-order valence-electron chi connectivity index (χ1n) is 5.18. The van der Waals surface area contributed by atoms with Crippen LogP contribution in [-0.4, -0.2) is 22.1 Å². The number of fused-ring (bicyclic) bond motifs is 1. The second kappa shape index (κ2) is 4.87. The highest BCUT2D eigenvalue weighted by atomic mass is 32.1. The van der Waals surface area contributed by atoms with E-state index in [2.05, 4.69) is 12.6 Å². The van der Waals surface area contributed by atoms with Crippen molar-refractivity contribution in [1.82, 2.24) is 0 Å². The maximum atomic E-state index is 9.85. The summed E-state index contributed by atoms with van der Waals surface area (Å²) in [6.07, 6.45) is -1.70. The average Bonchev–Trinajstić information content (AvgIpc) is 2.36. The van der Waals surface area contributed by atoms with Gasteiger partial charge in [0.2, 0.25) is 0 Å². The van der Waals surface area contributed by atoms with Gasteiger partial charge in [-0.15, -0.1) is 0 Å². The van der Waals surface area contributed by atoms with Gasteiger partial charge >= 0.3 is 0 Å². The fourth-order valence-corrected chi connectivity index (χ4v) is 1.91. The van der Waals surface area contributed by atoms with Crippen molar-refractivity contribution in [1.29, 1.82) is 0 Å². The third-order valence-electron chi connectivity index (χ3n) is 2.67. The van der Waals surface area contributed by atoms with Gasteiger partial charge in [-0.1, -0.05) is 36.4 Å². The van der Waals surface area contributed by atoms with Gasteiger partial charge in [0.25, 0.3) is 0 Å². The van der Waals surface area contributed by atoms with E-state index in [-0.39, 0.29) is 5.75 Å². The van der Waals surface area contributed by atoms with Crippen LogP contribution in [0.15, 0.2) is 42.5 Å². The Kier molecular flexibility index (Phi) is 3.49. The minimum Gasteiger partial charge on any atom is -0.389 e. The van der Waals surface area contributed by atoms with E-state index >= 15 is 0 Å². The summed E-state index contributed by atoms with van der Waals surface area (Å²) in [6, 6.07) is 13.6. The number of thiol groups is 1. The van der Waals surface area contributed by atoms with Gasteiger partial charge < -0.3 is 10.2 Å². The molecule has 0 saturated carbocycles. The van der Waals surface area contributed by atoms with Crippen molar-refractivity contribution in [2.24, 2.45) is 0 Å². The highest BCUT2D eigenvalue weighted by molar-refractivity contribution is 7.80. The molecule has 0 radical (unpaired) electrons. The molecule has 0 aliphatic rings. The third kappa shape index (κ3) is 2.21. The molecule has 2 aromatic carbocycles. The van der Waals surface area contributed by atoms with Gasteiger partial charge in [-0.05, 0) is 22.4 Å². The van der Waals surface area contributed by atoms with Crippen molar-refractivity contribution >= 4 is 23.4 Å². The molecule has 0 saturated heterocycles. The molecule has 0 bridgehead atoms. The zero-order valence-corrected chi connectivity index (χ0v) is 9.64. The van der Waals surface area contributed by atoms with Crippen LogP contribution >= 0.6 is 12.6 Å². The normalized spacial score (nSPS) is 14.9. The summed E-state index contributed by atoms with van der Waals surface area (Å²) >= 11 is 3.97. The predicted octanol–water partition coefficient (Wildman–Crippen LogP) is 2.16. The number of hydrogen-bond donors (Lipinski definition) is 3. The topological polar surface area (TPSA) is 40.5 Å². The van der Waals surface area contributed by atoms with E-state index in [0.29, 0.717) is 0 Å². The molecule has 2 unspecified atom stereocenters. The Bertz CT molecular complexity index is 484. The van der Waals surface area contributed by atoms with E-state index in [4.69, 9.17) is 0 Å². The van der Waals surface area contributed by atoms with Crippen LogP contribution in [0.2, 0.25) is 0 Å². The standard InChI is InChI=1S/C13H14O2S/c14-12(8-16)13(15)11-6-5-9-3-1-2-4-10(9)7-11/h1-7,12-16H,8H2. The number of hydrogen-bond acceptors (Lipinski definition) is 3. The van der Waals surface area contributed by atoms with E-state index in [9.17, 15) is 10.2 Å². The van der Waals surface area contributed by atoms with Crippen LogP contribution in [-0.2, 0) is 0 Å². The van der Waals surface area contributed by atoms with Gasteiger partial charge in [-0.3, -0.25) is 0 Å². The van der Waals surface area contributed by atoms with Crippen molar-refractivity contribution < 1.29 is 10.2 Å². The molecular weight excluding hydrogens is 220 g/mol. The van der Waals surface area contributed by atoms with Gasteiger partial charge in [-0.25, -0.2) is 0 Å². The van der Waals surface area contributed by atoms with Crippen molar-refractivity contribution in [2.75, 3.05) is 5.75 Å². The van der Waals surface area contributed by atoms with Crippen LogP contribution in [0.5, 0.6) is 0 Å². The maximum absolute atomic E-state index is 9.85. The summed E-state index contributed by atoms with van der Waals surface area (Å²) < 4.78 is 0. The predicted molar refractivity (Wildman–Crippen MR) is 68.8 cm³/mol. The van der Waals surface area contributed by atoms with Gasteiger partial charge in [-0.2, -0.15) is 12.6 Å². The Hall–Kier alpha value is -1.03. The van der Waals surface area contributed by atoms with Crippen LogP contribution in [0.4, 0.5) is 0 Å². The molecular formula is C13H14O2S. The summed E-state index contributed by atoms with van der Waals surface area (Å²) in [4.78, 5) is 0.